The van der Waals surface area contributed by atoms with E-state index >= 15 is 0 Å². The summed E-state index contributed by atoms with van der Waals surface area (Å²) in [4.78, 5) is 0. The minimum absolute atomic E-state index is 0.819. The number of hydrogen-bond donors (Lipinski definition) is 1. The summed E-state index contributed by atoms with van der Waals surface area (Å²) in [5, 5.41) is 3.29. The highest BCUT2D eigenvalue weighted by molar-refractivity contribution is 5.08. The Bertz CT molecular complexity index is 88.8. The fourth-order valence-corrected chi connectivity index (χ4v) is 1.49. The van der Waals surface area contributed by atoms with Crippen LogP contribution in [0, 0.1) is 11.3 Å². The van der Waals surface area contributed by atoms with E-state index in [1.807, 2.05) is 0 Å². The molecule has 1 heterocycles. The van der Waals surface area contributed by atoms with Crippen molar-refractivity contribution in [3.05, 3.63) is 0 Å². The van der Waals surface area contributed by atoms with Crippen molar-refractivity contribution in [1.82, 2.24) is 5.32 Å². The number of hydrogen-bond acceptors (Lipinski definition) is 1. The molecule has 1 heteroatoms. The fraction of sp³-hybridized carbons (Fsp3) is 1.00. The van der Waals surface area contributed by atoms with Crippen molar-refractivity contribution in [3.63, 3.8) is 0 Å². The SMILES string of the molecule is CC1CC12CNC2. The molecule has 0 bridgehead atoms. The van der Waals surface area contributed by atoms with E-state index in [4.69, 9.17) is 0 Å². The van der Waals surface area contributed by atoms with Gasteiger partial charge in [0.15, 0.2) is 0 Å². The molecular weight excluding hydrogens is 86.1 g/mol. The molecule has 1 N–H and O–H groups in total. The molecule has 0 amide bonds. The molecule has 1 unspecified atom stereocenters. The average Bonchev–Trinajstić information content (AvgIpc) is 2.10. The van der Waals surface area contributed by atoms with Gasteiger partial charge in [0.1, 0.15) is 0 Å². The Morgan fingerprint density at radius 2 is 2.14 bits per heavy atom. The molecular formula is C6H11N. The quantitative estimate of drug-likeness (QED) is 0.467. The minimum atomic E-state index is 0.819. The summed E-state index contributed by atoms with van der Waals surface area (Å²) < 4.78 is 0. The van der Waals surface area contributed by atoms with Gasteiger partial charge in [-0.25, -0.2) is 0 Å². The molecule has 1 aliphatic heterocycles. The summed E-state index contributed by atoms with van der Waals surface area (Å²) in [6.45, 7) is 4.95. The first-order chi connectivity index (χ1) is 3.33. The van der Waals surface area contributed by atoms with Crippen molar-refractivity contribution in [1.29, 1.82) is 0 Å². The zero-order valence-electron chi connectivity index (χ0n) is 4.70. The highest BCUT2D eigenvalue weighted by Gasteiger charge is 2.54. The highest BCUT2D eigenvalue weighted by Crippen LogP contribution is 2.54. The summed E-state index contributed by atoms with van der Waals surface area (Å²) in [6, 6.07) is 0. The van der Waals surface area contributed by atoms with Crippen molar-refractivity contribution in [3.8, 4) is 0 Å². The molecule has 1 atom stereocenters. The Kier molecular flexibility index (Phi) is 0.487. The molecule has 0 aromatic rings. The highest BCUT2D eigenvalue weighted by atomic mass is 15.0. The van der Waals surface area contributed by atoms with E-state index in [2.05, 4.69) is 12.2 Å². The van der Waals surface area contributed by atoms with Gasteiger partial charge in [0, 0.05) is 13.1 Å². The van der Waals surface area contributed by atoms with Crippen LogP contribution in [0.25, 0.3) is 0 Å². The third kappa shape index (κ3) is 0.325. The molecule has 1 aliphatic carbocycles. The molecule has 1 spiro atoms. The smallest absolute Gasteiger partial charge is 0.00229 e. The maximum absolute atomic E-state index is 3.29. The lowest BCUT2D eigenvalue weighted by atomic mass is 9.98. The molecule has 2 aliphatic rings. The second-order valence-corrected chi connectivity index (χ2v) is 3.07. The van der Waals surface area contributed by atoms with Crippen molar-refractivity contribution in [2.45, 2.75) is 13.3 Å². The van der Waals surface area contributed by atoms with Crippen LogP contribution in [0.4, 0.5) is 0 Å². The Morgan fingerprint density at radius 3 is 2.14 bits per heavy atom. The third-order valence-electron chi connectivity index (χ3n) is 2.55. The zero-order chi connectivity index (χ0) is 4.91. The van der Waals surface area contributed by atoms with Crippen molar-refractivity contribution in [2.75, 3.05) is 13.1 Å². The zero-order valence-corrected chi connectivity index (χ0v) is 4.70. The van der Waals surface area contributed by atoms with Gasteiger partial charge in [-0.05, 0) is 17.8 Å². The minimum Gasteiger partial charge on any atom is -0.316 e. The van der Waals surface area contributed by atoms with Gasteiger partial charge in [0.2, 0.25) is 0 Å². The lowest BCUT2D eigenvalue weighted by Gasteiger charge is -2.27. The third-order valence-corrected chi connectivity index (χ3v) is 2.55. The molecule has 0 aromatic carbocycles. The Hall–Kier alpha value is -0.0400. The molecule has 1 saturated carbocycles. The monoisotopic (exact) mass is 97.1 g/mol. The first-order valence-corrected chi connectivity index (χ1v) is 3.04. The van der Waals surface area contributed by atoms with Gasteiger partial charge in [-0.1, -0.05) is 6.92 Å². The van der Waals surface area contributed by atoms with E-state index in [9.17, 15) is 0 Å². The van der Waals surface area contributed by atoms with Crippen molar-refractivity contribution in [2.24, 2.45) is 11.3 Å². The summed E-state index contributed by atoms with van der Waals surface area (Å²) in [7, 11) is 0. The topological polar surface area (TPSA) is 12.0 Å². The first kappa shape index (κ1) is 3.90. The normalized spacial score (nSPS) is 43.3. The van der Waals surface area contributed by atoms with E-state index in [1.165, 1.54) is 19.5 Å². The molecule has 0 radical (unpaired) electrons. The second-order valence-electron chi connectivity index (χ2n) is 3.07. The van der Waals surface area contributed by atoms with Crippen LogP contribution in [0.3, 0.4) is 0 Å². The lowest BCUT2D eigenvalue weighted by molar-refractivity contribution is 0.298. The summed E-state index contributed by atoms with van der Waals surface area (Å²) in [6.07, 6.45) is 1.49. The number of rotatable bonds is 0. The predicted molar refractivity (Wildman–Crippen MR) is 29.1 cm³/mol. The molecule has 2 rings (SSSR count). The van der Waals surface area contributed by atoms with Crippen LogP contribution in [0.15, 0.2) is 0 Å². The molecule has 2 fully saturated rings. The molecule has 1 saturated heterocycles. The Morgan fingerprint density at radius 1 is 1.57 bits per heavy atom. The van der Waals surface area contributed by atoms with E-state index < -0.39 is 0 Å². The van der Waals surface area contributed by atoms with E-state index in [-0.39, 0.29) is 0 Å². The fourth-order valence-electron chi connectivity index (χ4n) is 1.49. The van der Waals surface area contributed by atoms with Crippen LogP contribution < -0.4 is 5.32 Å². The van der Waals surface area contributed by atoms with Crippen molar-refractivity contribution >= 4 is 0 Å². The van der Waals surface area contributed by atoms with Crippen LogP contribution in [-0.4, -0.2) is 13.1 Å². The van der Waals surface area contributed by atoms with Gasteiger partial charge in [0.25, 0.3) is 0 Å². The van der Waals surface area contributed by atoms with Gasteiger partial charge in [-0.3, -0.25) is 0 Å². The molecule has 0 aromatic heterocycles. The maximum atomic E-state index is 3.29. The van der Waals surface area contributed by atoms with E-state index in [0.29, 0.717) is 0 Å². The molecule has 1 nitrogen and oxygen atoms in total. The summed E-state index contributed by atoms with van der Waals surface area (Å²) in [5.74, 6) is 1.04. The molecule has 7 heavy (non-hydrogen) atoms. The standard InChI is InChI=1S/C6H11N/c1-5-2-6(5)3-7-4-6/h5,7H,2-4H2,1H3. The summed E-state index contributed by atoms with van der Waals surface area (Å²) in [5.41, 5.74) is 0.819. The Labute approximate surface area is 44.1 Å². The van der Waals surface area contributed by atoms with E-state index in [0.717, 1.165) is 11.3 Å². The van der Waals surface area contributed by atoms with Gasteiger partial charge >= 0.3 is 0 Å². The van der Waals surface area contributed by atoms with Gasteiger partial charge in [-0.15, -0.1) is 0 Å². The lowest BCUT2D eigenvalue weighted by Crippen LogP contribution is -2.44. The molecule has 40 valence electrons. The van der Waals surface area contributed by atoms with Crippen LogP contribution in [0.2, 0.25) is 0 Å². The second kappa shape index (κ2) is 0.873. The summed E-state index contributed by atoms with van der Waals surface area (Å²) >= 11 is 0. The van der Waals surface area contributed by atoms with Crippen molar-refractivity contribution < 1.29 is 0 Å². The predicted octanol–water partition coefficient (Wildman–Crippen LogP) is 0.616. The van der Waals surface area contributed by atoms with Crippen LogP contribution in [-0.2, 0) is 0 Å². The van der Waals surface area contributed by atoms with Crippen LogP contribution in [0.1, 0.15) is 13.3 Å². The maximum Gasteiger partial charge on any atom is 0.00229 e. The Balaban J connectivity index is 2.05. The first-order valence-electron chi connectivity index (χ1n) is 3.04. The van der Waals surface area contributed by atoms with Crippen LogP contribution in [0.5, 0.6) is 0 Å². The average molecular weight is 97.2 g/mol. The number of nitrogens with one attached hydrogen (secondary N) is 1. The van der Waals surface area contributed by atoms with E-state index in [1.54, 1.807) is 0 Å². The van der Waals surface area contributed by atoms with Gasteiger partial charge in [-0.2, -0.15) is 0 Å². The van der Waals surface area contributed by atoms with Gasteiger partial charge < -0.3 is 5.32 Å². The largest absolute Gasteiger partial charge is 0.316 e. The van der Waals surface area contributed by atoms with Gasteiger partial charge in [0.05, 0.1) is 0 Å². The van der Waals surface area contributed by atoms with Crippen LogP contribution >= 0.6 is 0 Å².